The molecule has 23 heavy (non-hydrogen) atoms. The highest BCUT2D eigenvalue weighted by Gasteiger charge is 2.02. The van der Waals surface area contributed by atoms with E-state index in [0.29, 0.717) is 13.6 Å². The van der Waals surface area contributed by atoms with E-state index in [1.165, 1.54) is 0 Å². The number of halogens is 2. The summed E-state index contributed by atoms with van der Waals surface area (Å²) in [4.78, 5) is 0. The zero-order valence-electron chi connectivity index (χ0n) is 14.5. The Kier molecular flexibility index (Phi) is 18.9. The summed E-state index contributed by atoms with van der Waals surface area (Å²) >= 11 is 6.81. The highest BCUT2D eigenvalue weighted by atomic mass is 79.9. The Hall–Kier alpha value is 0.320. The van der Waals surface area contributed by atoms with Crippen LogP contribution in [-0.2, 0) is 14.2 Å². The van der Waals surface area contributed by atoms with Crippen molar-refractivity contribution in [2.45, 2.75) is 64.6 Å². The zero-order chi connectivity index (χ0) is 17.2. The summed E-state index contributed by atoms with van der Waals surface area (Å²) in [6.07, 6.45) is 15.5. The van der Waals surface area contributed by atoms with Gasteiger partial charge in [0.2, 0.25) is 0 Å². The molecule has 0 aromatic heterocycles. The molecular weight excluding hydrogens is 424 g/mol. The van der Waals surface area contributed by atoms with Gasteiger partial charge in [-0.3, -0.25) is 0 Å². The van der Waals surface area contributed by atoms with Gasteiger partial charge in [-0.05, 0) is 52.4 Å². The standard InChI is InChI=1S/C18H32Br2O3/c1-17(11-7-3-5-9-13-19)22-15-21-16-23-18(2)12-8-4-6-10-14-20/h3-6,17-18H,7-16H2,1-2H3. The molecule has 0 aliphatic rings. The average Bonchev–Trinajstić information content (AvgIpc) is 2.54. The van der Waals surface area contributed by atoms with Crippen LogP contribution in [0.3, 0.4) is 0 Å². The average molecular weight is 456 g/mol. The Morgan fingerprint density at radius 2 is 1.09 bits per heavy atom. The molecular formula is C18H32Br2O3. The van der Waals surface area contributed by atoms with Gasteiger partial charge < -0.3 is 14.2 Å². The second-order valence-corrected chi connectivity index (χ2v) is 7.03. The van der Waals surface area contributed by atoms with E-state index in [0.717, 1.165) is 49.2 Å². The fourth-order valence-electron chi connectivity index (χ4n) is 1.79. The third-order valence-electron chi connectivity index (χ3n) is 3.24. The number of allylic oxidation sites excluding steroid dienone is 4. The molecule has 0 radical (unpaired) electrons. The summed E-state index contributed by atoms with van der Waals surface area (Å²) < 4.78 is 16.6. The maximum Gasteiger partial charge on any atom is 0.149 e. The molecule has 0 N–H and O–H groups in total. The summed E-state index contributed by atoms with van der Waals surface area (Å²) in [5.74, 6) is 0. The van der Waals surface area contributed by atoms with E-state index < -0.39 is 0 Å². The van der Waals surface area contributed by atoms with Gasteiger partial charge >= 0.3 is 0 Å². The molecule has 5 heteroatoms. The maximum atomic E-state index is 5.59. The van der Waals surface area contributed by atoms with Gasteiger partial charge in [0.1, 0.15) is 13.6 Å². The number of alkyl halides is 2. The fourth-order valence-corrected chi connectivity index (χ4v) is 2.32. The maximum absolute atomic E-state index is 5.59. The van der Waals surface area contributed by atoms with Gasteiger partial charge in [0.25, 0.3) is 0 Å². The van der Waals surface area contributed by atoms with Crippen molar-refractivity contribution in [2.24, 2.45) is 0 Å². The van der Waals surface area contributed by atoms with E-state index in [1.54, 1.807) is 0 Å². The fraction of sp³-hybridized carbons (Fsp3) is 0.778. The number of ether oxygens (including phenoxy) is 3. The van der Waals surface area contributed by atoms with Gasteiger partial charge in [-0.15, -0.1) is 0 Å². The Balaban J connectivity index is 3.39. The molecule has 0 fully saturated rings. The molecule has 2 atom stereocenters. The molecule has 136 valence electrons. The van der Waals surface area contributed by atoms with Crippen molar-refractivity contribution < 1.29 is 14.2 Å². The smallest absolute Gasteiger partial charge is 0.149 e. The summed E-state index contributed by atoms with van der Waals surface area (Å²) in [6, 6.07) is 0. The predicted molar refractivity (Wildman–Crippen MR) is 105 cm³/mol. The van der Waals surface area contributed by atoms with E-state index in [2.05, 4.69) is 70.0 Å². The van der Waals surface area contributed by atoms with Crippen LogP contribution in [-0.4, -0.2) is 36.5 Å². The minimum Gasteiger partial charge on any atom is -0.352 e. The van der Waals surface area contributed by atoms with Crippen LogP contribution in [0.25, 0.3) is 0 Å². The molecule has 0 aromatic carbocycles. The molecule has 0 spiro atoms. The molecule has 0 heterocycles. The summed E-state index contributed by atoms with van der Waals surface area (Å²) in [6.45, 7) is 4.74. The molecule has 0 bridgehead atoms. The third-order valence-corrected chi connectivity index (χ3v) is 4.15. The quantitative estimate of drug-likeness (QED) is 0.124. The van der Waals surface area contributed by atoms with E-state index in [9.17, 15) is 0 Å². The highest BCUT2D eigenvalue weighted by Crippen LogP contribution is 2.05. The molecule has 0 aliphatic carbocycles. The monoisotopic (exact) mass is 454 g/mol. The first-order valence-electron chi connectivity index (χ1n) is 8.43. The van der Waals surface area contributed by atoms with Gasteiger partial charge in [0, 0.05) is 10.7 Å². The number of hydrogen-bond donors (Lipinski definition) is 0. The van der Waals surface area contributed by atoms with Crippen molar-refractivity contribution in [1.82, 2.24) is 0 Å². The van der Waals surface area contributed by atoms with Gasteiger partial charge in [0.05, 0.1) is 12.2 Å². The summed E-state index contributed by atoms with van der Waals surface area (Å²) in [7, 11) is 0. The lowest BCUT2D eigenvalue weighted by atomic mass is 10.2. The van der Waals surface area contributed by atoms with Crippen LogP contribution >= 0.6 is 31.9 Å². The van der Waals surface area contributed by atoms with Crippen molar-refractivity contribution in [3.63, 3.8) is 0 Å². The molecule has 0 amide bonds. The van der Waals surface area contributed by atoms with E-state index in [4.69, 9.17) is 14.2 Å². The molecule has 3 nitrogen and oxygen atoms in total. The lowest BCUT2D eigenvalue weighted by Gasteiger charge is -2.14. The van der Waals surface area contributed by atoms with Gasteiger partial charge in [-0.1, -0.05) is 56.2 Å². The summed E-state index contributed by atoms with van der Waals surface area (Å²) in [5.41, 5.74) is 0. The minimum absolute atomic E-state index is 0.209. The van der Waals surface area contributed by atoms with Crippen molar-refractivity contribution >= 4 is 31.9 Å². The van der Waals surface area contributed by atoms with Crippen LogP contribution in [0, 0.1) is 0 Å². The van der Waals surface area contributed by atoms with Crippen LogP contribution < -0.4 is 0 Å². The van der Waals surface area contributed by atoms with Crippen molar-refractivity contribution in [3.8, 4) is 0 Å². The molecule has 0 rings (SSSR count). The SMILES string of the molecule is CC(CCC=CCCBr)OCOCOC(C)CCC=CCCBr. The Morgan fingerprint density at radius 1 is 0.696 bits per heavy atom. The third kappa shape index (κ3) is 18.5. The van der Waals surface area contributed by atoms with Crippen LogP contribution in [0.15, 0.2) is 24.3 Å². The molecule has 0 aliphatic heterocycles. The zero-order valence-corrected chi connectivity index (χ0v) is 17.7. The molecule has 0 aromatic rings. The van der Waals surface area contributed by atoms with Crippen LogP contribution in [0.4, 0.5) is 0 Å². The van der Waals surface area contributed by atoms with E-state index >= 15 is 0 Å². The highest BCUT2D eigenvalue weighted by molar-refractivity contribution is 9.09. The molecule has 0 saturated carbocycles. The van der Waals surface area contributed by atoms with Crippen LogP contribution in [0.5, 0.6) is 0 Å². The van der Waals surface area contributed by atoms with Crippen molar-refractivity contribution in [1.29, 1.82) is 0 Å². The first-order chi connectivity index (χ1) is 11.2. The first-order valence-corrected chi connectivity index (χ1v) is 10.7. The minimum atomic E-state index is 0.209. The van der Waals surface area contributed by atoms with Crippen LogP contribution in [0.1, 0.15) is 52.4 Å². The van der Waals surface area contributed by atoms with Gasteiger partial charge in [0.15, 0.2) is 0 Å². The Labute approximate surface area is 159 Å². The van der Waals surface area contributed by atoms with Crippen LogP contribution in [0.2, 0.25) is 0 Å². The largest absolute Gasteiger partial charge is 0.352 e. The lowest BCUT2D eigenvalue weighted by Crippen LogP contribution is -2.15. The topological polar surface area (TPSA) is 27.7 Å². The van der Waals surface area contributed by atoms with Gasteiger partial charge in [-0.25, -0.2) is 0 Å². The molecule has 2 unspecified atom stereocenters. The summed E-state index contributed by atoms with van der Waals surface area (Å²) in [5, 5.41) is 2.05. The Bertz CT molecular complexity index is 268. The number of rotatable bonds is 16. The van der Waals surface area contributed by atoms with E-state index in [1.807, 2.05) is 0 Å². The van der Waals surface area contributed by atoms with E-state index in [-0.39, 0.29) is 12.2 Å². The van der Waals surface area contributed by atoms with Crippen molar-refractivity contribution in [2.75, 3.05) is 24.2 Å². The normalized spacial score (nSPS) is 14.8. The second kappa shape index (κ2) is 18.7. The molecule has 0 saturated heterocycles. The Morgan fingerprint density at radius 3 is 1.48 bits per heavy atom. The lowest BCUT2D eigenvalue weighted by molar-refractivity contribution is -0.160. The first kappa shape index (κ1) is 23.3. The van der Waals surface area contributed by atoms with Crippen molar-refractivity contribution in [3.05, 3.63) is 24.3 Å². The van der Waals surface area contributed by atoms with Gasteiger partial charge in [-0.2, -0.15) is 0 Å². The predicted octanol–water partition coefficient (Wildman–Crippen LogP) is 5.97. The number of hydrogen-bond acceptors (Lipinski definition) is 3. The second-order valence-electron chi connectivity index (χ2n) is 5.45.